The molecule has 1 aromatic carbocycles. The minimum Gasteiger partial charge on any atom is -0.170 e. The zero-order chi connectivity index (χ0) is 11.0. The summed E-state index contributed by atoms with van der Waals surface area (Å²) in [7, 11) is 0. The molecule has 0 aromatic heterocycles. The van der Waals surface area contributed by atoms with Gasteiger partial charge in [-0.1, -0.05) is 29.8 Å². The van der Waals surface area contributed by atoms with E-state index in [1.165, 1.54) is 19.9 Å². The molecule has 0 radical (unpaired) electrons. The molecule has 0 aliphatic heterocycles. The molecule has 0 heterocycles. The van der Waals surface area contributed by atoms with Crippen molar-refractivity contribution in [3.63, 3.8) is 0 Å². The highest BCUT2D eigenvalue weighted by atomic mass is 19.4. The summed E-state index contributed by atoms with van der Waals surface area (Å²) in [5, 5.41) is 0. The molecule has 0 N–H and O–H groups in total. The third-order valence-corrected chi connectivity index (χ3v) is 2.45. The molecule has 0 bridgehead atoms. The lowest BCUT2D eigenvalue weighted by atomic mass is 9.83. The first-order valence-electron chi connectivity index (χ1n) is 4.39. The van der Waals surface area contributed by atoms with Gasteiger partial charge in [0.05, 0.1) is 5.41 Å². The Hall–Kier alpha value is -0.990. The number of alkyl halides is 3. The van der Waals surface area contributed by atoms with E-state index >= 15 is 0 Å². The minimum absolute atomic E-state index is 0.310. The van der Waals surface area contributed by atoms with Crippen LogP contribution in [0.25, 0.3) is 0 Å². The number of hydrogen-bond acceptors (Lipinski definition) is 0. The van der Waals surface area contributed by atoms with Gasteiger partial charge >= 0.3 is 6.18 Å². The van der Waals surface area contributed by atoms with Gasteiger partial charge in [-0.05, 0) is 26.3 Å². The van der Waals surface area contributed by atoms with Gasteiger partial charge in [-0.25, -0.2) is 0 Å². The summed E-state index contributed by atoms with van der Waals surface area (Å²) in [4.78, 5) is 0. The second-order valence-electron chi connectivity index (χ2n) is 3.99. The minimum atomic E-state index is -4.21. The molecular weight excluding hydrogens is 189 g/mol. The molecule has 14 heavy (non-hydrogen) atoms. The van der Waals surface area contributed by atoms with Gasteiger partial charge in [0.15, 0.2) is 0 Å². The Kier molecular flexibility index (Phi) is 2.61. The quantitative estimate of drug-likeness (QED) is 0.649. The molecule has 0 fully saturated rings. The molecule has 3 heteroatoms. The van der Waals surface area contributed by atoms with Gasteiger partial charge in [-0.15, -0.1) is 0 Å². The van der Waals surface area contributed by atoms with Crippen LogP contribution < -0.4 is 0 Å². The molecule has 0 unspecified atom stereocenters. The Morgan fingerprint density at radius 2 is 1.64 bits per heavy atom. The third kappa shape index (κ3) is 1.91. The molecule has 0 amide bonds. The Morgan fingerprint density at radius 3 is 2.07 bits per heavy atom. The van der Waals surface area contributed by atoms with Gasteiger partial charge in [0.25, 0.3) is 0 Å². The molecule has 0 nitrogen and oxygen atoms in total. The van der Waals surface area contributed by atoms with Crippen molar-refractivity contribution in [1.29, 1.82) is 0 Å². The zero-order valence-corrected chi connectivity index (χ0v) is 8.44. The maximum Gasteiger partial charge on any atom is 0.397 e. The van der Waals surface area contributed by atoms with Crippen LogP contribution >= 0.6 is 0 Å². The summed E-state index contributed by atoms with van der Waals surface area (Å²) in [6.45, 7) is 4.18. The molecule has 1 rings (SSSR count). The topological polar surface area (TPSA) is 0 Å². The van der Waals surface area contributed by atoms with Crippen molar-refractivity contribution in [2.24, 2.45) is 0 Å². The fourth-order valence-corrected chi connectivity index (χ4v) is 1.20. The lowest BCUT2D eigenvalue weighted by molar-refractivity contribution is -0.180. The SMILES string of the molecule is Cc1cccc(C(C)(C)C(F)(F)F)c1. The first-order valence-corrected chi connectivity index (χ1v) is 4.39. The van der Waals surface area contributed by atoms with Gasteiger partial charge in [0, 0.05) is 0 Å². The van der Waals surface area contributed by atoms with Gasteiger partial charge in [-0.3, -0.25) is 0 Å². The average molecular weight is 202 g/mol. The van der Waals surface area contributed by atoms with E-state index in [9.17, 15) is 13.2 Å². The molecule has 0 saturated heterocycles. The molecule has 0 aliphatic carbocycles. The van der Waals surface area contributed by atoms with Crippen molar-refractivity contribution in [1.82, 2.24) is 0 Å². The molecule has 0 aliphatic rings. The highest BCUT2D eigenvalue weighted by molar-refractivity contribution is 5.29. The van der Waals surface area contributed by atoms with Gasteiger partial charge in [0.2, 0.25) is 0 Å². The average Bonchev–Trinajstić information content (AvgIpc) is 2.02. The summed E-state index contributed by atoms with van der Waals surface area (Å²) >= 11 is 0. The lowest BCUT2D eigenvalue weighted by Crippen LogP contribution is -2.36. The van der Waals surface area contributed by atoms with E-state index in [-0.39, 0.29) is 0 Å². The van der Waals surface area contributed by atoms with Crippen molar-refractivity contribution in [2.45, 2.75) is 32.4 Å². The van der Waals surface area contributed by atoms with Crippen LogP contribution in [0.15, 0.2) is 24.3 Å². The summed E-state index contributed by atoms with van der Waals surface area (Å²) in [5.74, 6) is 0. The Morgan fingerprint density at radius 1 is 1.07 bits per heavy atom. The van der Waals surface area contributed by atoms with E-state index in [0.29, 0.717) is 5.56 Å². The maximum atomic E-state index is 12.7. The maximum absolute atomic E-state index is 12.7. The predicted octanol–water partition coefficient (Wildman–Crippen LogP) is 3.83. The summed E-state index contributed by atoms with van der Waals surface area (Å²) in [5.41, 5.74) is -0.622. The fourth-order valence-electron chi connectivity index (χ4n) is 1.20. The Labute approximate surface area is 81.8 Å². The lowest BCUT2D eigenvalue weighted by Gasteiger charge is -2.28. The van der Waals surface area contributed by atoms with E-state index in [2.05, 4.69) is 0 Å². The second kappa shape index (κ2) is 3.30. The monoisotopic (exact) mass is 202 g/mol. The van der Waals surface area contributed by atoms with Crippen LogP contribution in [0.2, 0.25) is 0 Å². The number of hydrogen-bond donors (Lipinski definition) is 0. The largest absolute Gasteiger partial charge is 0.397 e. The number of benzene rings is 1. The van der Waals surface area contributed by atoms with Crippen LogP contribution in [0.1, 0.15) is 25.0 Å². The van der Waals surface area contributed by atoms with Crippen molar-refractivity contribution in [2.75, 3.05) is 0 Å². The molecule has 0 atom stereocenters. The highest BCUT2D eigenvalue weighted by Crippen LogP contribution is 2.40. The zero-order valence-electron chi connectivity index (χ0n) is 8.44. The van der Waals surface area contributed by atoms with Crippen LogP contribution in [0.4, 0.5) is 13.2 Å². The first kappa shape index (κ1) is 11.1. The first-order chi connectivity index (χ1) is 6.25. The molecule has 1 aromatic rings. The van der Waals surface area contributed by atoms with E-state index in [1.807, 2.05) is 0 Å². The summed E-state index contributed by atoms with van der Waals surface area (Å²) < 4.78 is 38.0. The number of rotatable bonds is 1. The van der Waals surface area contributed by atoms with E-state index < -0.39 is 11.6 Å². The number of halogens is 3. The van der Waals surface area contributed by atoms with Gasteiger partial charge < -0.3 is 0 Å². The van der Waals surface area contributed by atoms with Crippen molar-refractivity contribution in [3.05, 3.63) is 35.4 Å². The third-order valence-electron chi connectivity index (χ3n) is 2.45. The molecule has 0 saturated carbocycles. The van der Waals surface area contributed by atoms with Crippen LogP contribution in [0.3, 0.4) is 0 Å². The van der Waals surface area contributed by atoms with Crippen molar-refractivity contribution < 1.29 is 13.2 Å². The summed E-state index contributed by atoms with van der Waals surface area (Å²) in [6, 6.07) is 6.53. The van der Waals surface area contributed by atoms with Crippen LogP contribution in [-0.2, 0) is 5.41 Å². The summed E-state index contributed by atoms with van der Waals surface area (Å²) in [6.07, 6.45) is -4.21. The van der Waals surface area contributed by atoms with Crippen LogP contribution in [0.5, 0.6) is 0 Å². The molecule has 0 spiro atoms. The smallest absolute Gasteiger partial charge is 0.170 e. The highest BCUT2D eigenvalue weighted by Gasteiger charge is 2.48. The van der Waals surface area contributed by atoms with Crippen molar-refractivity contribution in [3.8, 4) is 0 Å². The van der Waals surface area contributed by atoms with E-state index in [4.69, 9.17) is 0 Å². The van der Waals surface area contributed by atoms with E-state index in [1.54, 1.807) is 25.1 Å². The second-order valence-corrected chi connectivity index (χ2v) is 3.99. The number of aryl methyl sites for hydroxylation is 1. The van der Waals surface area contributed by atoms with Crippen LogP contribution in [0, 0.1) is 6.92 Å². The molecule has 78 valence electrons. The predicted molar refractivity (Wildman–Crippen MR) is 50.3 cm³/mol. The van der Waals surface area contributed by atoms with Crippen LogP contribution in [-0.4, -0.2) is 6.18 Å². The van der Waals surface area contributed by atoms with Crippen molar-refractivity contribution >= 4 is 0 Å². The van der Waals surface area contributed by atoms with Gasteiger partial charge in [0.1, 0.15) is 0 Å². The standard InChI is InChI=1S/C11H13F3/c1-8-5-4-6-9(7-8)10(2,3)11(12,13)14/h4-7H,1-3H3. The van der Waals surface area contributed by atoms with Gasteiger partial charge in [-0.2, -0.15) is 13.2 Å². The van der Waals surface area contributed by atoms with E-state index in [0.717, 1.165) is 5.56 Å². The Balaban J connectivity index is 3.16. The molecular formula is C11H13F3. The Bertz CT molecular complexity index is 324. The fraction of sp³-hybridized carbons (Fsp3) is 0.455. The normalized spacial score (nSPS) is 13.0.